The number of anilines is 1. The van der Waals surface area contributed by atoms with Crippen LogP contribution in [-0.2, 0) is 21.2 Å². The molecule has 3 heterocycles. The van der Waals surface area contributed by atoms with Crippen LogP contribution in [0.15, 0.2) is 60.7 Å². The number of amides is 1. The van der Waals surface area contributed by atoms with Gasteiger partial charge in [-0.3, -0.25) is 4.79 Å². The summed E-state index contributed by atoms with van der Waals surface area (Å²) in [5.41, 5.74) is 2.80. The van der Waals surface area contributed by atoms with Crippen LogP contribution >= 0.6 is 11.6 Å². The molecular weight excluding hydrogens is 598 g/mol. The smallest absolute Gasteiger partial charge is 0.228 e. The number of nitriles is 2. The fourth-order valence-electron chi connectivity index (χ4n) is 6.28. The van der Waals surface area contributed by atoms with E-state index in [4.69, 9.17) is 16.9 Å². The van der Waals surface area contributed by atoms with Gasteiger partial charge in [0.1, 0.15) is 6.07 Å². The Morgan fingerprint density at radius 1 is 0.955 bits per heavy atom. The first kappa shape index (κ1) is 31.4. The van der Waals surface area contributed by atoms with Gasteiger partial charge in [-0.2, -0.15) is 14.8 Å². The van der Waals surface area contributed by atoms with Crippen molar-refractivity contribution in [2.24, 2.45) is 5.92 Å². The predicted molar refractivity (Wildman–Crippen MR) is 167 cm³/mol. The lowest BCUT2D eigenvalue weighted by atomic mass is 9.87. The molecule has 0 radical (unpaired) electrons. The van der Waals surface area contributed by atoms with Crippen LogP contribution in [0.3, 0.4) is 0 Å². The van der Waals surface area contributed by atoms with E-state index in [2.05, 4.69) is 16.3 Å². The number of halogens is 1. The lowest BCUT2D eigenvalue weighted by Crippen LogP contribution is -2.50. The second kappa shape index (κ2) is 13.7. The molecule has 1 amide bonds. The molecule has 0 bridgehead atoms. The molecule has 2 fully saturated rings. The normalized spacial score (nSPS) is 21.2. The second-order valence-corrected chi connectivity index (χ2v) is 13.8. The molecule has 0 saturated carbocycles. The summed E-state index contributed by atoms with van der Waals surface area (Å²) in [4.78, 5) is 18.0. The lowest BCUT2D eigenvalue weighted by Gasteiger charge is -2.36. The molecule has 3 aromatic rings. The standard InChI is InChI=1S/C32H34ClN7O3S/c1-44(42,43)40-18-17-38(16-2-3-28(40)14-8-23-6-11-26(33)12-7-23)32(41)30-22-39(31-15-13-27(20-35)36-37-31)21-29(30)25-9-4-24(19-34)5-10-25/h4-7,9-13,15,28-30H,2-3,8,14,16-18,21-22H2,1H3. The molecule has 0 N–H and O–H groups in total. The molecule has 5 rings (SSSR count). The molecular formula is C32H34ClN7O3S. The summed E-state index contributed by atoms with van der Waals surface area (Å²) >= 11 is 6.03. The van der Waals surface area contributed by atoms with Gasteiger partial charge >= 0.3 is 0 Å². The second-order valence-electron chi connectivity index (χ2n) is 11.4. The Morgan fingerprint density at radius 2 is 1.70 bits per heavy atom. The number of rotatable bonds is 7. The van der Waals surface area contributed by atoms with Crippen molar-refractivity contribution in [3.63, 3.8) is 0 Å². The van der Waals surface area contributed by atoms with E-state index in [-0.39, 0.29) is 30.1 Å². The van der Waals surface area contributed by atoms with Crippen LogP contribution in [0.2, 0.25) is 5.02 Å². The van der Waals surface area contributed by atoms with Crippen molar-refractivity contribution in [3.8, 4) is 12.1 Å². The monoisotopic (exact) mass is 631 g/mol. The third-order valence-corrected chi connectivity index (χ3v) is 10.2. The van der Waals surface area contributed by atoms with Crippen LogP contribution in [0, 0.1) is 28.6 Å². The van der Waals surface area contributed by atoms with Gasteiger partial charge in [0.05, 0.1) is 23.8 Å². The zero-order valence-corrected chi connectivity index (χ0v) is 26.1. The molecule has 12 heteroatoms. The van der Waals surface area contributed by atoms with Crippen molar-refractivity contribution >= 4 is 33.3 Å². The SMILES string of the molecule is CS(=O)(=O)N1CCN(C(=O)C2CN(c3ccc(C#N)nn3)CC2c2ccc(C#N)cc2)CCCC1CCc1ccc(Cl)cc1. The molecule has 2 aliphatic heterocycles. The number of hydrogen-bond acceptors (Lipinski definition) is 8. The minimum absolute atomic E-state index is 0.0310. The zero-order valence-electron chi connectivity index (χ0n) is 24.5. The van der Waals surface area contributed by atoms with Crippen molar-refractivity contribution in [1.29, 1.82) is 10.5 Å². The number of nitrogens with zero attached hydrogens (tertiary/aromatic N) is 7. The van der Waals surface area contributed by atoms with Crippen LogP contribution in [0.25, 0.3) is 0 Å². The zero-order chi connectivity index (χ0) is 31.3. The Labute approximate surface area is 263 Å². The molecule has 3 atom stereocenters. The van der Waals surface area contributed by atoms with E-state index in [1.165, 1.54) is 6.26 Å². The largest absolute Gasteiger partial charge is 0.354 e. The highest BCUT2D eigenvalue weighted by Gasteiger charge is 2.42. The molecule has 0 spiro atoms. The average Bonchev–Trinajstić information content (AvgIpc) is 3.46. The average molecular weight is 632 g/mol. The molecule has 2 saturated heterocycles. The van der Waals surface area contributed by atoms with E-state index in [9.17, 15) is 18.5 Å². The third kappa shape index (κ3) is 7.36. The highest BCUT2D eigenvalue weighted by molar-refractivity contribution is 7.88. The Hall–Kier alpha value is -4.03. The molecule has 0 aliphatic carbocycles. The number of aromatic nitrogens is 2. The topological polar surface area (TPSA) is 134 Å². The van der Waals surface area contributed by atoms with Gasteiger partial charge in [0.15, 0.2) is 11.5 Å². The molecule has 3 unspecified atom stereocenters. The van der Waals surface area contributed by atoms with Crippen LogP contribution in [-0.4, -0.2) is 78.7 Å². The van der Waals surface area contributed by atoms with E-state index >= 15 is 0 Å². The van der Waals surface area contributed by atoms with Gasteiger partial charge < -0.3 is 9.80 Å². The maximum atomic E-state index is 14.2. The van der Waals surface area contributed by atoms with Gasteiger partial charge in [0.25, 0.3) is 0 Å². The fourth-order valence-corrected chi connectivity index (χ4v) is 7.57. The molecule has 10 nitrogen and oxygen atoms in total. The van der Waals surface area contributed by atoms with Gasteiger partial charge in [0, 0.05) is 49.7 Å². The quantitative estimate of drug-likeness (QED) is 0.382. The van der Waals surface area contributed by atoms with Crippen LogP contribution < -0.4 is 4.90 Å². The van der Waals surface area contributed by atoms with Crippen molar-refractivity contribution in [3.05, 3.63) is 88.1 Å². The van der Waals surface area contributed by atoms with Gasteiger partial charge in [-0.05, 0) is 73.2 Å². The van der Waals surface area contributed by atoms with Crippen molar-refractivity contribution in [1.82, 2.24) is 19.4 Å². The van der Waals surface area contributed by atoms with Crippen molar-refractivity contribution < 1.29 is 13.2 Å². The summed E-state index contributed by atoms with van der Waals surface area (Å²) in [6, 6.07) is 22.2. The molecule has 2 aromatic carbocycles. The van der Waals surface area contributed by atoms with Crippen LogP contribution in [0.4, 0.5) is 5.82 Å². The maximum absolute atomic E-state index is 14.2. The van der Waals surface area contributed by atoms with E-state index in [1.807, 2.05) is 52.3 Å². The summed E-state index contributed by atoms with van der Waals surface area (Å²) in [6.45, 7) is 1.99. The lowest BCUT2D eigenvalue weighted by molar-refractivity contribution is -0.135. The summed E-state index contributed by atoms with van der Waals surface area (Å²) in [7, 11) is -3.50. The summed E-state index contributed by atoms with van der Waals surface area (Å²) in [5, 5.41) is 27.2. The number of carbonyl (C=O) groups is 1. The predicted octanol–water partition coefficient (Wildman–Crippen LogP) is 3.98. The van der Waals surface area contributed by atoms with E-state index in [0.717, 1.165) is 17.5 Å². The van der Waals surface area contributed by atoms with Gasteiger partial charge in [-0.15, -0.1) is 10.2 Å². The third-order valence-electron chi connectivity index (χ3n) is 8.57. The van der Waals surface area contributed by atoms with Gasteiger partial charge in [0.2, 0.25) is 15.9 Å². The van der Waals surface area contributed by atoms with Crippen molar-refractivity contribution in [2.75, 3.05) is 43.9 Å². The summed E-state index contributed by atoms with van der Waals surface area (Å²) < 4.78 is 27.4. The Balaban J connectivity index is 1.34. The minimum Gasteiger partial charge on any atom is -0.354 e. The number of aryl methyl sites for hydroxylation is 1. The highest BCUT2D eigenvalue weighted by Crippen LogP contribution is 2.36. The molecule has 1 aromatic heterocycles. The highest BCUT2D eigenvalue weighted by atomic mass is 35.5. The summed E-state index contributed by atoms with van der Waals surface area (Å²) in [6.07, 6.45) is 4.00. The van der Waals surface area contributed by atoms with Gasteiger partial charge in [-0.25, -0.2) is 8.42 Å². The first-order valence-corrected chi connectivity index (χ1v) is 16.9. The van der Waals surface area contributed by atoms with Crippen molar-refractivity contribution in [2.45, 2.75) is 37.6 Å². The maximum Gasteiger partial charge on any atom is 0.228 e. The number of sulfonamides is 1. The van der Waals surface area contributed by atoms with Crippen LogP contribution in [0.1, 0.15) is 47.6 Å². The first-order valence-electron chi connectivity index (χ1n) is 14.6. The Bertz CT molecular complexity index is 1650. The van der Waals surface area contributed by atoms with E-state index in [1.54, 1.807) is 28.6 Å². The number of carbonyl (C=O) groups excluding carboxylic acids is 1. The van der Waals surface area contributed by atoms with Gasteiger partial charge in [-0.1, -0.05) is 35.9 Å². The van der Waals surface area contributed by atoms with Crippen LogP contribution in [0.5, 0.6) is 0 Å². The molecule has 2 aliphatic rings. The molecule has 44 heavy (non-hydrogen) atoms. The van der Waals surface area contributed by atoms with E-state index < -0.39 is 15.9 Å². The van der Waals surface area contributed by atoms with E-state index in [0.29, 0.717) is 61.8 Å². The number of benzene rings is 2. The fraction of sp³-hybridized carbons (Fsp3) is 0.406. The Morgan fingerprint density at radius 3 is 2.34 bits per heavy atom. The Kier molecular flexibility index (Phi) is 9.80. The minimum atomic E-state index is -3.50. The first-order chi connectivity index (χ1) is 21.2. The summed E-state index contributed by atoms with van der Waals surface area (Å²) in [5.74, 6) is -0.0302. The molecule has 228 valence electrons. The number of hydrogen-bond donors (Lipinski definition) is 0.